The third kappa shape index (κ3) is 2.61. The molecule has 4 aromatic heterocycles. The highest BCUT2D eigenvalue weighted by Crippen LogP contribution is 2.26. The first-order valence-electron chi connectivity index (χ1n) is 8.34. The van der Waals surface area contributed by atoms with Crippen LogP contribution < -0.4 is 10.1 Å². The van der Waals surface area contributed by atoms with Crippen LogP contribution in [0.15, 0.2) is 55.0 Å². The number of hydrogen-bond acceptors (Lipinski definition) is 7. The van der Waals surface area contributed by atoms with E-state index in [0.717, 1.165) is 28.6 Å². The Morgan fingerprint density at radius 3 is 3.00 bits per heavy atom. The lowest BCUT2D eigenvalue weighted by atomic mass is 10.2. The molecule has 1 atom stereocenters. The van der Waals surface area contributed by atoms with Crippen LogP contribution in [0.4, 0.5) is 5.82 Å². The van der Waals surface area contributed by atoms with Gasteiger partial charge >= 0.3 is 0 Å². The molecule has 128 valence electrons. The maximum atomic E-state index is 6.03. The average molecular weight is 345 g/mol. The van der Waals surface area contributed by atoms with Crippen molar-refractivity contribution in [3.05, 3.63) is 60.8 Å². The van der Waals surface area contributed by atoms with Gasteiger partial charge in [-0.2, -0.15) is 9.61 Å². The van der Waals surface area contributed by atoms with E-state index in [9.17, 15) is 0 Å². The summed E-state index contributed by atoms with van der Waals surface area (Å²) in [4.78, 5) is 8.41. The Kier molecular flexibility index (Phi) is 3.45. The quantitative estimate of drug-likeness (QED) is 0.607. The van der Waals surface area contributed by atoms with E-state index in [0.29, 0.717) is 18.6 Å². The minimum absolute atomic E-state index is 0.0667. The zero-order valence-electron chi connectivity index (χ0n) is 13.8. The third-order valence-electron chi connectivity index (χ3n) is 4.26. The zero-order valence-corrected chi connectivity index (χ0v) is 13.8. The standard InChI is InChI=1S/C18H15N7O/c1-3-12(10-19-7-1)14-5-6-16-22-23-17(25(16)24-14)9-13-11-21-18-15(26-13)4-2-8-20-18/h1-8,10,13H,9,11H2,(H,20,21). The van der Waals surface area contributed by atoms with E-state index < -0.39 is 0 Å². The summed E-state index contributed by atoms with van der Waals surface area (Å²) in [6, 6.07) is 11.5. The number of fused-ring (bicyclic) bond motifs is 2. The molecule has 0 amide bonds. The number of anilines is 1. The highest BCUT2D eigenvalue weighted by molar-refractivity contribution is 5.58. The van der Waals surface area contributed by atoms with Crippen LogP contribution in [0.2, 0.25) is 0 Å². The number of pyridine rings is 2. The molecule has 0 aromatic carbocycles. The number of ether oxygens (including phenoxy) is 1. The second kappa shape index (κ2) is 6.07. The van der Waals surface area contributed by atoms with E-state index in [1.54, 1.807) is 23.1 Å². The first kappa shape index (κ1) is 14.8. The van der Waals surface area contributed by atoms with Gasteiger partial charge in [-0.1, -0.05) is 0 Å². The molecule has 1 N–H and O–H groups in total. The van der Waals surface area contributed by atoms with Gasteiger partial charge in [0.05, 0.1) is 12.2 Å². The molecular weight excluding hydrogens is 330 g/mol. The van der Waals surface area contributed by atoms with E-state index in [1.807, 2.05) is 36.4 Å². The van der Waals surface area contributed by atoms with Gasteiger partial charge in [0.2, 0.25) is 0 Å². The Hall–Kier alpha value is -3.55. The molecule has 5 rings (SSSR count). The van der Waals surface area contributed by atoms with Crippen molar-refractivity contribution in [2.75, 3.05) is 11.9 Å². The van der Waals surface area contributed by atoms with Crippen LogP contribution in [0.5, 0.6) is 5.75 Å². The molecule has 1 aliphatic heterocycles. The fraction of sp³-hybridized carbons (Fsp3) is 0.167. The van der Waals surface area contributed by atoms with Crippen LogP contribution in [-0.4, -0.2) is 42.4 Å². The van der Waals surface area contributed by atoms with E-state index in [2.05, 4.69) is 30.6 Å². The molecule has 0 aliphatic carbocycles. The number of nitrogens with one attached hydrogen (secondary N) is 1. The molecule has 1 unspecified atom stereocenters. The van der Waals surface area contributed by atoms with Gasteiger partial charge in [0.1, 0.15) is 6.10 Å². The Morgan fingerprint density at radius 1 is 1.12 bits per heavy atom. The van der Waals surface area contributed by atoms with Crippen molar-refractivity contribution < 1.29 is 4.74 Å². The molecule has 26 heavy (non-hydrogen) atoms. The first-order chi connectivity index (χ1) is 12.9. The largest absolute Gasteiger partial charge is 0.484 e. The summed E-state index contributed by atoms with van der Waals surface area (Å²) >= 11 is 0. The van der Waals surface area contributed by atoms with Crippen LogP contribution in [0.25, 0.3) is 16.9 Å². The highest BCUT2D eigenvalue weighted by Gasteiger charge is 2.22. The fourth-order valence-electron chi connectivity index (χ4n) is 3.00. The Balaban J connectivity index is 1.44. The summed E-state index contributed by atoms with van der Waals surface area (Å²) in [5, 5.41) is 16.5. The highest BCUT2D eigenvalue weighted by atomic mass is 16.5. The van der Waals surface area contributed by atoms with Crippen molar-refractivity contribution >= 4 is 11.5 Å². The lowest BCUT2D eigenvalue weighted by Gasteiger charge is -2.25. The van der Waals surface area contributed by atoms with Crippen molar-refractivity contribution in [2.45, 2.75) is 12.5 Å². The fourth-order valence-corrected chi connectivity index (χ4v) is 3.00. The van der Waals surface area contributed by atoms with Crippen LogP contribution in [0, 0.1) is 0 Å². The Bertz CT molecular complexity index is 1060. The number of rotatable bonds is 3. The third-order valence-corrected chi connectivity index (χ3v) is 4.26. The minimum atomic E-state index is -0.0667. The Morgan fingerprint density at radius 2 is 2.08 bits per heavy atom. The summed E-state index contributed by atoms with van der Waals surface area (Å²) in [5.41, 5.74) is 2.48. The van der Waals surface area contributed by atoms with Crippen molar-refractivity contribution in [1.29, 1.82) is 0 Å². The summed E-state index contributed by atoms with van der Waals surface area (Å²) in [6.45, 7) is 0.654. The van der Waals surface area contributed by atoms with E-state index >= 15 is 0 Å². The summed E-state index contributed by atoms with van der Waals surface area (Å²) < 4.78 is 7.79. The van der Waals surface area contributed by atoms with Gasteiger partial charge in [-0.05, 0) is 36.4 Å². The van der Waals surface area contributed by atoms with Crippen LogP contribution in [0.1, 0.15) is 5.82 Å². The van der Waals surface area contributed by atoms with E-state index in [1.165, 1.54) is 0 Å². The van der Waals surface area contributed by atoms with Gasteiger partial charge in [-0.15, -0.1) is 10.2 Å². The topological polar surface area (TPSA) is 90.1 Å². The number of aromatic nitrogens is 6. The van der Waals surface area contributed by atoms with Crippen molar-refractivity contribution in [2.24, 2.45) is 0 Å². The predicted octanol–water partition coefficient (Wildman–Crippen LogP) is 2.00. The SMILES string of the molecule is c1cncc(-c2ccc3nnc(CC4CNc5ncccc5O4)n3n2)c1. The molecular formula is C18H15N7O. The van der Waals surface area contributed by atoms with Gasteiger partial charge in [0, 0.05) is 30.6 Å². The molecule has 1 aliphatic rings. The number of nitrogens with zero attached hydrogens (tertiary/aromatic N) is 6. The first-order valence-corrected chi connectivity index (χ1v) is 8.34. The van der Waals surface area contributed by atoms with Crippen LogP contribution in [0.3, 0.4) is 0 Å². The van der Waals surface area contributed by atoms with Gasteiger partial charge in [-0.25, -0.2) is 4.98 Å². The van der Waals surface area contributed by atoms with Gasteiger partial charge in [0.25, 0.3) is 0 Å². The maximum Gasteiger partial charge on any atom is 0.177 e. The molecule has 0 spiro atoms. The minimum Gasteiger partial charge on any atom is -0.484 e. The van der Waals surface area contributed by atoms with Crippen molar-refractivity contribution in [3.63, 3.8) is 0 Å². The molecule has 8 nitrogen and oxygen atoms in total. The molecule has 0 fully saturated rings. The molecule has 0 saturated heterocycles. The lowest BCUT2D eigenvalue weighted by molar-refractivity contribution is 0.202. The number of hydrogen-bond donors (Lipinski definition) is 1. The van der Waals surface area contributed by atoms with E-state index in [-0.39, 0.29) is 6.10 Å². The second-order valence-corrected chi connectivity index (χ2v) is 6.02. The summed E-state index contributed by atoms with van der Waals surface area (Å²) in [7, 11) is 0. The van der Waals surface area contributed by atoms with Gasteiger partial charge < -0.3 is 10.1 Å². The summed E-state index contributed by atoms with van der Waals surface area (Å²) in [6.07, 6.45) is 5.79. The van der Waals surface area contributed by atoms with E-state index in [4.69, 9.17) is 4.74 Å². The van der Waals surface area contributed by atoms with Crippen LogP contribution in [-0.2, 0) is 6.42 Å². The normalized spacial score (nSPS) is 15.9. The molecule has 8 heteroatoms. The van der Waals surface area contributed by atoms with Crippen molar-refractivity contribution in [3.8, 4) is 17.0 Å². The molecule has 4 aromatic rings. The smallest absolute Gasteiger partial charge is 0.177 e. The van der Waals surface area contributed by atoms with Gasteiger partial charge in [0.15, 0.2) is 23.0 Å². The van der Waals surface area contributed by atoms with Crippen LogP contribution >= 0.6 is 0 Å². The molecule has 0 saturated carbocycles. The molecule has 0 radical (unpaired) electrons. The monoisotopic (exact) mass is 345 g/mol. The average Bonchev–Trinajstić information content (AvgIpc) is 3.10. The zero-order chi connectivity index (χ0) is 17.3. The molecule has 0 bridgehead atoms. The van der Waals surface area contributed by atoms with Crippen molar-refractivity contribution in [1.82, 2.24) is 29.8 Å². The summed E-state index contributed by atoms with van der Waals surface area (Å²) in [5.74, 6) is 2.28. The second-order valence-electron chi connectivity index (χ2n) is 6.02. The van der Waals surface area contributed by atoms with Gasteiger partial charge in [-0.3, -0.25) is 4.98 Å². The molecule has 5 heterocycles. The predicted molar refractivity (Wildman–Crippen MR) is 94.9 cm³/mol. The Labute approximate surface area is 148 Å². The maximum absolute atomic E-state index is 6.03. The lowest BCUT2D eigenvalue weighted by Crippen LogP contribution is -2.33.